The minimum atomic E-state index is 0.114. The number of para-hydroxylation sites is 1. The van der Waals surface area contributed by atoms with E-state index in [9.17, 15) is 0 Å². The van der Waals surface area contributed by atoms with E-state index in [1.54, 1.807) is 0 Å². The third-order valence-corrected chi connectivity index (χ3v) is 4.05. The van der Waals surface area contributed by atoms with Crippen LogP contribution in [0.25, 0.3) is 0 Å². The van der Waals surface area contributed by atoms with Crippen molar-refractivity contribution in [1.29, 1.82) is 0 Å². The summed E-state index contributed by atoms with van der Waals surface area (Å²) in [5, 5.41) is 3.58. The maximum absolute atomic E-state index is 3.58. The summed E-state index contributed by atoms with van der Waals surface area (Å²) in [4.78, 5) is 0. The SMILES string of the molecule is CC1CC(C)(c2ccccc2)c2ccccc2N1. The molecule has 0 bridgehead atoms. The fraction of sp³-hybridized carbons (Fsp3) is 0.294. The predicted molar refractivity (Wildman–Crippen MR) is 77.0 cm³/mol. The molecule has 0 fully saturated rings. The van der Waals surface area contributed by atoms with Gasteiger partial charge in [-0.25, -0.2) is 0 Å². The van der Waals surface area contributed by atoms with Gasteiger partial charge >= 0.3 is 0 Å². The van der Waals surface area contributed by atoms with Gasteiger partial charge in [-0.1, -0.05) is 55.5 Å². The maximum atomic E-state index is 3.58. The molecule has 0 aromatic heterocycles. The molecule has 1 heterocycles. The van der Waals surface area contributed by atoms with Gasteiger partial charge in [-0.15, -0.1) is 0 Å². The summed E-state index contributed by atoms with van der Waals surface area (Å²) < 4.78 is 0. The molecule has 0 saturated carbocycles. The lowest BCUT2D eigenvalue weighted by molar-refractivity contribution is 0.467. The first-order chi connectivity index (χ1) is 8.70. The highest BCUT2D eigenvalue weighted by molar-refractivity contribution is 5.60. The zero-order valence-corrected chi connectivity index (χ0v) is 11.0. The van der Waals surface area contributed by atoms with Crippen LogP contribution in [0.5, 0.6) is 0 Å². The van der Waals surface area contributed by atoms with Gasteiger partial charge in [0.15, 0.2) is 0 Å². The van der Waals surface area contributed by atoms with E-state index in [1.165, 1.54) is 16.8 Å². The molecule has 0 saturated heterocycles. The topological polar surface area (TPSA) is 12.0 Å². The number of fused-ring (bicyclic) bond motifs is 1. The molecule has 1 aliphatic heterocycles. The molecule has 1 heteroatoms. The number of nitrogens with one attached hydrogen (secondary N) is 1. The van der Waals surface area contributed by atoms with Crippen molar-refractivity contribution in [3.8, 4) is 0 Å². The molecule has 1 aliphatic rings. The van der Waals surface area contributed by atoms with Gasteiger partial charge < -0.3 is 5.32 Å². The number of rotatable bonds is 1. The smallest absolute Gasteiger partial charge is 0.0383 e. The fourth-order valence-electron chi connectivity index (χ4n) is 3.21. The molecule has 1 N–H and O–H groups in total. The summed E-state index contributed by atoms with van der Waals surface area (Å²) in [5.74, 6) is 0. The molecule has 3 rings (SSSR count). The fourth-order valence-corrected chi connectivity index (χ4v) is 3.21. The average Bonchev–Trinajstić information content (AvgIpc) is 2.39. The van der Waals surface area contributed by atoms with Crippen LogP contribution in [0, 0.1) is 0 Å². The van der Waals surface area contributed by atoms with Crippen LogP contribution in [0.4, 0.5) is 5.69 Å². The summed E-state index contributed by atoms with van der Waals surface area (Å²) in [7, 11) is 0. The van der Waals surface area contributed by atoms with Crippen molar-refractivity contribution < 1.29 is 0 Å². The van der Waals surface area contributed by atoms with Gasteiger partial charge in [0.25, 0.3) is 0 Å². The van der Waals surface area contributed by atoms with E-state index >= 15 is 0 Å². The van der Waals surface area contributed by atoms with Crippen LogP contribution in [0.1, 0.15) is 31.4 Å². The molecule has 2 unspecified atom stereocenters. The molecule has 2 aromatic rings. The van der Waals surface area contributed by atoms with Crippen molar-refractivity contribution in [3.63, 3.8) is 0 Å². The highest BCUT2D eigenvalue weighted by atomic mass is 14.9. The molecule has 0 spiro atoms. The first-order valence-corrected chi connectivity index (χ1v) is 6.62. The quantitative estimate of drug-likeness (QED) is 0.784. The average molecular weight is 237 g/mol. The Labute approximate surface area is 109 Å². The first-order valence-electron chi connectivity index (χ1n) is 6.62. The maximum Gasteiger partial charge on any atom is 0.0383 e. The van der Waals surface area contributed by atoms with E-state index in [4.69, 9.17) is 0 Å². The van der Waals surface area contributed by atoms with Gasteiger partial charge in [0, 0.05) is 17.1 Å². The Balaban J connectivity index is 2.17. The van der Waals surface area contributed by atoms with Gasteiger partial charge in [-0.3, -0.25) is 0 Å². The number of benzene rings is 2. The molecular formula is C17H19N. The lowest BCUT2D eigenvalue weighted by Crippen LogP contribution is -2.37. The molecule has 2 aromatic carbocycles. The second kappa shape index (κ2) is 4.16. The van der Waals surface area contributed by atoms with E-state index in [1.807, 2.05) is 0 Å². The molecular weight excluding hydrogens is 218 g/mol. The Morgan fingerprint density at radius 2 is 1.67 bits per heavy atom. The van der Waals surface area contributed by atoms with E-state index in [-0.39, 0.29) is 5.41 Å². The number of hydrogen-bond acceptors (Lipinski definition) is 1. The summed E-state index contributed by atoms with van der Waals surface area (Å²) in [6, 6.07) is 20.0. The van der Waals surface area contributed by atoms with Crippen LogP contribution in [0.2, 0.25) is 0 Å². The second-order valence-corrected chi connectivity index (χ2v) is 5.49. The Morgan fingerprint density at radius 1 is 1.00 bits per heavy atom. The third kappa shape index (κ3) is 1.71. The predicted octanol–water partition coefficient (Wildman–Crippen LogP) is 4.20. The molecule has 0 amide bonds. The zero-order valence-electron chi connectivity index (χ0n) is 11.0. The van der Waals surface area contributed by atoms with Crippen molar-refractivity contribution in [2.24, 2.45) is 0 Å². The summed E-state index contributed by atoms with van der Waals surface area (Å²) in [5.41, 5.74) is 4.21. The van der Waals surface area contributed by atoms with Gasteiger partial charge in [-0.05, 0) is 30.5 Å². The van der Waals surface area contributed by atoms with Crippen LogP contribution in [-0.4, -0.2) is 6.04 Å². The van der Waals surface area contributed by atoms with Crippen LogP contribution in [0.3, 0.4) is 0 Å². The van der Waals surface area contributed by atoms with Crippen molar-refractivity contribution in [2.75, 3.05) is 5.32 Å². The monoisotopic (exact) mass is 237 g/mol. The Hall–Kier alpha value is -1.76. The van der Waals surface area contributed by atoms with Gasteiger partial charge in [0.2, 0.25) is 0 Å². The van der Waals surface area contributed by atoms with Crippen molar-refractivity contribution in [2.45, 2.75) is 31.7 Å². The second-order valence-electron chi connectivity index (χ2n) is 5.49. The first kappa shape index (κ1) is 11.3. The minimum absolute atomic E-state index is 0.114. The summed E-state index contributed by atoms with van der Waals surface area (Å²) in [6.45, 7) is 4.62. The molecule has 18 heavy (non-hydrogen) atoms. The highest BCUT2D eigenvalue weighted by Crippen LogP contribution is 2.43. The summed E-state index contributed by atoms with van der Waals surface area (Å²) >= 11 is 0. The largest absolute Gasteiger partial charge is 0.382 e. The van der Waals surface area contributed by atoms with Crippen molar-refractivity contribution in [1.82, 2.24) is 0 Å². The normalized spacial score (nSPS) is 26.2. The summed E-state index contributed by atoms with van der Waals surface area (Å²) in [6.07, 6.45) is 1.13. The van der Waals surface area contributed by atoms with E-state index in [0.29, 0.717) is 6.04 Å². The van der Waals surface area contributed by atoms with Gasteiger partial charge in [-0.2, -0.15) is 0 Å². The van der Waals surface area contributed by atoms with Crippen LogP contribution < -0.4 is 5.32 Å². The molecule has 0 radical (unpaired) electrons. The van der Waals surface area contributed by atoms with E-state index in [0.717, 1.165) is 6.42 Å². The highest BCUT2D eigenvalue weighted by Gasteiger charge is 2.36. The zero-order chi connectivity index (χ0) is 12.6. The molecule has 92 valence electrons. The van der Waals surface area contributed by atoms with Gasteiger partial charge in [0.1, 0.15) is 0 Å². The van der Waals surface area contributed by atoms with E-state index < -0.39 is 0 Å². The van der Waals surface area contributed by atoms with Crippen LogP contribution >= 0.6 is 0 Å². The lowest BCUT2D eigenvalue weighted by Gasteiger charge is -2.40. The van der Waals surface area contributed by atoms with Crippen molar-refractivity contribution in [3.05, 3.63) is 65.7 Å². The minimum Gasteiger partial charge on any atom is -0.382 e. The van der Waals surface area contributed by atoms with Crippen LogP contribution in [0.15, 0.2) is 54.6 Å². The molecule has 2 atom stereocenters. The standard InChI is InChI=1S/C17H19N/c1-13-12-17(2,14-8-4-3-5-9-14)15-10-6-7-11-16(15)18-13/h3-11,13,18H,12H2,1-2H3. The van der Waals surface area contributed by atoms with Gasteiger partial charge in [0.05, 0.1) is 0 Å². The molecule has 0 aliphatic carbocycles. The Morgan fingerprint density at radius 3 is 2.44 bits per heavy atom. The lowest BCUT2D eigenvalue weighted by atomic mass is 9.69. The van der Waals surface area contributed by atoms with Crippen molar-refractivity contribution >= 4 is 5.69 Å². The van der Waals surface area contributed by atoms with Crippen LogP contribution in [-0.2, 0) is 5.41 Å². The third-order valence-electron chi connectivity index (χ3n) is 4.05. The number of anilines is 1. The number of hydrogen-bond donors (Lipinski definition) is 1. The Kier molecular flexibility index (Phi) is 2.62. The molecule has 1 nitrogen and oxygen atoms in total. The van der Waals surface area contributed by atoms with E-state index in [2.05, 4.69) is 73.8 Å². The Bertz CT molecular complexity index is 547.